The summed E-state index contributed by atoms with van der Waals surface area (Å²) in [5.41, 5.74) is 3.33. The van der Waals surface area contributed by atoms with E-state index in [-0.39, 0.29) is 11.6 Å². The van der Waals surface area contributed by atoms with Crippen LogP contribution in [0.1, 0.15) is 27.0 Å². The molecule has 126 valence electrons. The summed E-state index contributed by atoms with van der Waals surface area (Å²) < 4.78 is 0. The first-order valence-corrected chi connectivity index (χ1v) is 8.79. The zero-order valence-electron chi connectivity index (χ0n) is 13.7. The maximum Gasteiger partial charge on any atom is 0.273 e. The molecule has 0 saturated carbocycles. The largest absolute Gasteiger partial charge is 0.351 e. The van der Waals surface area contributed by atoms with E-state index in [1.807, 2.05) is 0 Å². The second kappa shape index (κ2) is 8.49. The molecule has 2 aromatic carbocycles. The molecule has 0 aliphatic rings. The van der Waals surface area contributed by atoms with Gasteiger partial charge in [0.25, 0.3) is 11.6 Å². The number of carbonyl (C=O) groups is 1. The Morgan fingerprint density at radius 2 is 1.88 bits per heavy atom. The van der Waals surface area contributed by atoms with Gasteiger partial charge in [0.05, 0.1) is 4.92 Å². The number of nitrogens with one attached hydrogen (secondary N) is 1. The van der Waals surface area contributed by atoms with Crippen molar-refractivity contribution >= 4 is 23.4 Å². The van der Waals surface area contributed by atoms with E-state index in [1.54, 1.807) is 30.8 Å². The van der Waals surface area contributed by atoms with Gasteiger partial charge >= 0.3 is 0 Å². The number of hydrogen-bond acceptors (Lipinski definition) is 4. The van der Waals surface area contributed by atoms with Crippen molar-refractivity contribution in [2.75, 3.05) is 12.3 Å². The van der Waals surface area contributed by atoms with Crippen molar-refractivity contribution in [2.24, 2.45) is 0 Å². The number of hydrogen-bond donors (Lipinski definition) is 1. The van der Waals surface area contributed by atoms with Crippen LogP contribution >= 0.6 is 11.8 Å². The van der Waals surface area contributed by atoms with Crippen LogP contribution in [0.2, 0.25) is 0 Å². The minimum atomic E-state index is -0.469. The fourth-order valence-electron chi connectivity index (χ4n) is 2.16. The van der Waals surface area contributed by atoms with Gasteiger partial charge in [0.2, 0.25) is 0 Å². The van der Waals surface area contributed by atoms with Crippen LogP contribution in [-0.4, -0.2) is 23.1 Å². The van der Waals surface area contributed by atoms with Gasteiger partial charge in [-0.3, -0.25) is 14.9 Å². The second-order valence-corrected chi connectivity index (χ2v) is 6.66. The fraction of sp³-hybridized carbons (Fsp3) is 0.278. The Bertz CT molecular complexity index is 730. The van der Waals surface area contributed by atoms with Crippen molar-refractivity contribution in [3.05, 3.63) is 74.8 Å². The number of nitrogens with zero attached hydrogens (tertiary/aromatic N) is 1. The molecule has 0 aliphatic heterocycles. The third kappa shape index (κ3) is 5.09. The molecule has 0 radical (unpaired) electrons. The number of rotatable bonds is 7. The predicted molar refractivity (Wildman–Crippen MR) is 97.5 cm³/mol. The molecule has 0 saturated heterocycles. The van der Waals surface area contributed by atoms with Crippen LogP contribution in [0, 0.1) is 24.0 Å². The molecular formula is C18H20N2O3S. The van der Waals surface area contributed by atoms with Gasteiger partial charge in [-0.05, 0) is 25.5 Å². The topological polar surface area (TPSA) is 72.2 Å². The normalized spacial score (nSPS) is 10.4. The Labute approximate surface area is 145 Å². The highest BCUT2D eigenvalue weighted by Gasteiger charge is 2.14. The summed E-state index contributed by atoms with van der Waals surface area (Å²) in [6.07, 6.45) is 0. The monoisotopic (exact) mass is 344 g/mol. The minimum absolute atomic E-state index is 0.0311. The van der Waals surface area contributed by atoms with E-state index in [0.29, 0.717) is 17.7 Å². The number of carbonyl (C=O) groups excluding carboxylic acids is 1. The van der Waals surface area contributed by atoms with Crippen LogP contribution in [0.25, 0.3) is 0 Å². The van der Waals surface area contributed by atoms with E-state index < -0.39 is 4.92 Å². The summed E-state index contributed by atoms with van der Waals surface area (Å²) in [5, 5.41) is 13.7. The number of aryl methyl sites for hydroxylation is 2. The first kappa shape index (κ1) is 18.0. The van der Waals surface area contributed by atoms with Gasteiger partial charge in [0.1, 0.15) is 0 Å². The molecule has 0 atom stereocenters. The fourth-order valence-corrected chi connectivity index (χ4v) is 2.98. The lowest BCUT2D eigenvalue weighted by molar-refractivity contribution is -0.385. The van der Waals surface area contributed by atoms with Gasteiger partial charge in [-0.2, -0.15) is 11.8 Å². The highest BCUT2D eigenvalue weighted by atomic mass is 32.2. The van der Waals surface area contributed by atoms with Gasteiger partial charge in [-0.15, -0.1) is 0 Å². The van der Waals surface area contributed by atoms with Crippen LogP contribution in [0.4, 0.5) is 5.69 Å². The van der Waals surface area contributed by atoms with Gasteiger partial charge in [0.15, 0.2) is 0 Å². The maximum atomic E-state index is 12.1. The zero-order valence-corrected chi connectivity index (χ0v) is 14.6. The quantitative estimate of drug-likeness (QED) is 0.470. The standard InChI is InChI=1S/C18H20N2O3S/c1-13-3-6-15(7-4-13)12-24-10-9-19-18(21)16-8-5-14(2)17(11-16)20(22)23/h3-8,11H,9-10,12H2,1-2H3,(H,19,21). The Morgan fingerprint density at radius 3 is 2.54 bits per heavy atom. The lowest BCUT2D eigenvalue weighted by Gasteiger charge is -2.06. The summed E-state index contributed by atoms with van der Waals surface area (Å²) in [6.45, 7) is 4.24. The van der Waals surface area contributed by atoms with Crippen LogP contribution in [0.3, 0.4) is 0 Å². The van der Waals surface area contributed by atoms with Crippen LogP contribution in [0.5, 0.6) is 0 Å². The first-order valence-electron chi connectivity index (χ1n) is 7.64. The van der Waals surface area contributed by atoms with Crippen molar-refractivity contribution in [2.45, 2.75) is 19.6 Å². The van der Waals surface area contributed by atoms with Gasteiger partial charge < -0.3 is 5.32 Å². The molecule has 1 N–H and O–H groups in total. The predicted octanol–water partition coefficient (Wildman–Crippen LogP) is 3.87. The molecule has 2 aromatic rings. The molecular weight excluding hydrogens is 324 g/mol. The van der Waals surface area contributed by atoms with Crippen LogP contribution < -0.4 is 5.32 Å². The maximum absolute atomic E-state index is 12.1. The average Bonchev–Trinajstić information content (AvgIpc) is 2.56. The van der Waals surface area contributed by atoms with Crippen molar-refractivity contribution in [1.82, 2.24) is 5.32 Å². The SMILES string of the molecule is Cc1ccc(CSCCNC(=O)c2ccc(C)c([N+](=O)[O-])c2)cc1. The number of benzene rings is 2. The Morgan fingerprint density at radius 1 is 1.17 bits per heavy atom. The molecule has 6 heteroatoms. The van der Waals surface area contributed by atoms with E-state index in [1.165, 1.54) is 17.2 Å². The van der Waals surface area contributed by atoms with Crippen molar-refractivity contribution in [1.29, 1.82) is 0 Å². The summed E-state index contributed by atoms with van der Waals surface area (Å²) in [4.78, 5) is 22.5. The summed E-state index contributed by atoms with van der Waals surface area (Å²) in [5.74, 6) is 1.40. The molecule has 0 aromatic heterocycles. The van der Waals surface area contributed by atoms with Crippen molar-refractivity contribution < 1.29 is 9.72 Å². The van der Waals surface area contributed by atoms with Gasteiger partial charge in [0, 0.05) is 35.2 Å². The lowest BCUT2D eigenvalue weighted by atomic mass is 10.1. The number of nitro benzene ring substituents is 1. The zero-order chi connectivity index (χ0) is 17.5. The third-order valence-electron chi connectivity index (χ3n) is 3.59. The molecule has 5 nitrogen and oxygen atoms in total. The molecule has 2 rings (SSSR count). The molecule has 0 aliphatic carbocycles. The highest BCUT2D eigenvalue weighted by Crippen LogP contribution is 2.19. The lowest BCUT2D eigenvalue weighted by Crippen LogP contribution is -2.25. The smallest absolute Gasteiger partial charge is 0.273 e. The molecule has 0 unspecified atom stereocenters. The van der Waals surface area contributed by atoms with E-state index in [0.717, 1.165) is 11.5 Å². The Hall–Kier alpha value is -2.34. The second-order valence-electron chi connectivity index (χ2n) is 5.55. The van der Waals surface area contributed by atoms with E-state index in [4.69, 9.17) is 0 Å². The molecule has 0 fully saturated rings. The minimum Gasteiger partial charge on any atom is -0.351 e. The van der Waals surface area contributed by atoms with E-state index >= 15 is 0 Å². The first-order chi connectivity index (χ1) is 11.5. The van der Waals surface area contributed by atoms with Gasteiger partial charge in [-0.1, -0.05) is 35.9 Å². The molecule has 24 heavy (non-hydrogen) atoms. The summed E-state index contributed by atoms with van der Waals surface area (Å²) in [7, 11) is 0. The van der Waals surface area contributed by atoms with Crippen LogP contribution in [-0.2, 0) is 5.75 Å². The molecule has 0 heterocycles. The van der Waals surface area contributed by atoms with Crippen molar-refractivity contribution in [3.8, 4) is 0 Å². The summed E-state index contributed by atoms with van der Waals surface area (Å²) >= 11 is 1.74. The summed E-state index contributed by atoms with van der Waals surface area (Å²) in [6, 6.07) is 12.9. The average molecular weight is 344 g/mol. The molecule has 1 amide bonds. The number of thioether (sulfide) groups is 1. The third-order valence-corrected chi connectivity index (χ3v) is 4.62. The highest BCUT2D eigenvalue weighted by molar-refractivity contribution is 7.98. The number of nitro groups is 1. The van der Waals surface area contributed by atoms with Crippen molar-refractivity contribution in [3.63, 3.8) is 0 Å². The molecule has 0 spiro atoms. The van der Waals surface area contributed by atoms with Crippen LogP contribution in [0.15, 0.2) is 42.5 Å². The Balaban J connectivity index is 1.78. The van der Waals surface area contributed by atoms with Gasteiger partial charge in [-0.25, -0.2) is 0 Å². The Kier molecular flexibility index (Phi) is 6.37. The van der Waals surface area contributed by atoms with E-state index in [9.17, 15) is 14.9 Å². The number of amides is 1. The molecule has 0 bridgehead atoms. The van der Waals surface area contributed by atoms with E-state index in [2.05, 4.69) is 36.5 Å².